The molecule has 0 fully saturated rings. The van der Waals surface area contributed by atoms with E-state index >= 15 is 0 Å². The quantitative estimate of drug-likeness (QED) is 0.849. The van der Waals surface area contributed by atoms with Crippen LogP contribution in [0.25, 0.3) is 0 Å². The van der Waals surface area contributed by atoms with Crippen LogP contribution in [0.15, 0.2) is 54.6 Å². The van der Waals surface area contributed by atoms with Crippen molar-refractivity contribution in [3.8, 4) is 0 Å². The van der Waals surface area contributed by atoms with E-state index in [0.29, 0.717) is 13.1 Å². The minimum atomic E-state index is 0.168. The Labute approximate surface area is 143 Å². The number of carbonyl (C=O) groups is 1. The first-order valence-corrected chi connectivity index (χ1v) is 8.62. The molecule has 1 heterocycles. The zero-order valence-electron chi connectivity index (χ0n) is 14.0. The fourth-order valence-corrected chi connectivity index (χ4v) is 3.26. The Bertz CT molecular complexity index is 672. The Balaban J connectivity index is 1.60. The van der Waals surface area contributed by atoms with Crippen molar-refractivity contribution in [3.05, 3.63) is 65.7 Å². The maximum Gasteiger partial charge on any atom is 0.241 e. The average Bonchev–Trinajstić information content (AvgIpc) is 3.05. The number of amides is 1. The van der Waals surface area contributed by atoms with E-state index in [9.17, 15) is 4.79 Å². The van der Waals surface area contributed by atoms with Crippen LogP contribution >= 0.6 is 0 Å². The van der Waals surface area contributed by atoms with Crippen molar-refractivity contribution >= 4 is 11.6 Å². The summed E-state index contributed by atoms with van der Waals surface area (Å²) in [5.41, 5.74) is 9.36. The molecule has 0 saturated heterocycles. The Kier molecular flexibility index (Phi) is 5.62. The van der Waals surface area contributed by atoms with Gasteiger partial charge in [0, 0.05) is 31.9 Å². The van der Waals surface area contributed by atoms with Crippen LogP contribution in [0, 0.1) is 0 Å². The molecular formula is C20H25N3O. The van der Waals surface area contributed by atoms with Crippen molar-refractivity contribution in [3.63, 3.8) is 0 Å². The molecule has 3 rings (SSSR count). The highest BCUT2D eigenvalue weighted by atomic mass is 16.2. The van der Waals surface area contributed by atoms with E-state index in [1.54, 1.807) is 0 Å². The van der Waals surface area contributed by atoms with Crippen LogP contribution in [-0.2, 0) is 17.6 Å². The molecule has 0 radical (unpaired) electrons. The summed E-state index contributed by atoms with van der Waals surface area (Å²) in [6, 6.07) is 18.6. The number of carbonyl (C=O) groups excluding carboxylic acids is 1. The molecule has 4 nitrogen and oxygen atoms in total. The summed E-state index contributed by atoms with van der Waals surface area (Å²) in [6.45, 7) is 3.38. The third-order valence-electron chi connectivity index (χ3n) is 4.55. The van der Waals surface area contributed by atoms with Crippen molar-refractivity contribution < 1.29 is 4.79 Å². The predicted octanol–water partition coefficient (Wildman–Crippen LogP) is 2.08. The van der Waals surface area contributed by atoms with E-state index < -0.39 is 0 Å². The van der Waals surface area contributed by atoms with E-state index in [-0.39, 0.29) is 5.91 Å². The lowest BCUT2D eigenvalue weighted by Crippen LogP contribution is -2.42. The molecule has 1 aliphatic rings. The summed E-state index contributed by atoms with van der Waals surface area (Å²) < 4.78 is 0. The van der Waals surface area contributed by atoms with Crippen molar-refractivity contribution in [2.75, 3.05) is 37.6 Å². The number of nitrogens with zero attached hydrogens (tertiary/aromatic N) is 2. The second-order valence-electron chi connectivity index (χ2n) is 6.22. The second-order valence-corrected chi connectivity index (χ2v) is 6.22. The van der Waals surface area contributed by atoms with Crippen LogP contribution in [0.1, 0.15) is 11.1 Å². The van der Waals surface area contributed by atoms with Crippen molar-refractivity contribution in [2.24, 2.45) is 5.73 Å². The third-order valence-corrected chi connectivity index (χ3v) is 4.55. The highest BCUT2D eigenvalue weighted by molar-refractivity contribution is 5.96. The average molecular weight is 323 g/mol. The minimum Gasteiger partial charge on any atom is -0.329 e. The van der Waals surface area contributed by atoms with Crippen LogP contribution in [-0.4, -0.2) is 43.5 Å². The monoisotopic (exact) mass is 323 g/mol. The molecular weight excluding hydrogens is 298 g/mol. The van der Waals surface area contributed by atoms with Gasteiger partial charge in [0.2, 0.25) is 5.91 Å². The molecule has 1 amide bonds. The van der Waals surface area contributed by atoms with Crippen LogP contribution in [0.5, 0.6) is 0 Å². The summed E-state index contributed by atoms with van der Waals surface area (Å²) >= 11 is 0. The third kappa shape index (κ3) is 4.02. The number of benzene rings is 2. The van der Waals surface area contributed by atoms with Gasteiger partial charge in [-0.3, -0.25) is 9.69 Å². The number of para-hydroxylation sites is 1. The van der Waals surface area contributed by atoms with Crippen LogP contribution in [0.2, 0.25) is 0 Å². The predicted molar refractivity (Wildman–Crippen MR) is 98.1 cm³/mol. The van der Waals surface area contributed by atoms with Gasteiger partial charge in [-0.1, -0.05) is 48.5 Å². The molecule has 2 aromatic carbocycles. The normalized spacial score (nSPS) is 13.3. The summed E-state index contributed by atoms with van der Waals surface area (Å²) in [5, 5.41) is 0. The topological polar surface area (TPSA) is 49.6 Å². The van der Waals surface area contributed by atoms with Crippen LogP contribution in [0.3, 0.4) is 0 Å². The SMILES string of the molecule is NCCN(CCc1ccccc1)CC(=O)N1CCc2ccccc21. The van der Waals surface area contributed by atoms with Gasteiger partial charge in [-0.25, -0.2) is 0 Å². The zero-order chi connectivity index (χ0) is 16.8. The van der Waals surface area contributed by atoms with Gasteiger partial charge in [0.05, 0.1) is 6.54 Å². The van der Waals surface area contributed by atoms with Crippen LogP contribution < -0.4 is 10.6 Å². The molecule has 0 saturated carbocycles. The van der Waals surface area contributed by atoms with Gasteiger partial charge in [-0.05, 0) is 30.0 Å². The van der Waals surface area contributed by atoms with Crippen LogP contribution in [0.4, 0.5) is 5.69 Å². The van der Waals surface area contributed by atoms with Gasteiger partial charge in [-0.15, -0.1) is 0 Å². The molecule has 0 atom stereocenters. The van der Waals surface area contributed by atoms with Crippen molar-refractivity contribution in [1.29, 1.82) is 0 Å². The van der Waals surface area contributed by atoms with E-state index in [1.807, 2.05) is 29.2 Å². The number of fused-ring (bicyclic) bond motifs is 1. The van der Waals surface area contributed by atoms with E-state index in [2.05, 4.69) is 35.2 Å². The maximum absolute atomic E-state index is 12.7. The lowest BCUT2D eigenvalue weighted by atomic mass is 10.1. The summed E-state index contributed by atoms with van der Waals surface area (Å²) in [6.07, 6.45) is 1.88. The van der Waals surface area contributed by atoms with Crippen molar-refractivity contribution in [1.82, 2.24) is 4.90 Å². The van der Waals surface area contributed by atoms with Gasteiger partial charge >= 0.3 is 0 Å². The smallest absolute Gasteiger partial charge is 0.241 e. The Hall–Kier alpha value is -2.17. The molecule has 2 N–H and O–H groups in total. The summed E-state index contributed by atoms with van der Waals surface area (Å²) in [4.78, 5) is 16.8. The van der Waals surface area contributed by atoms with E-state index in [0.717, 1.165) is 38.2 Å². The number of hydrogen-bond acceptors (Lipinski definition) is 3. The standard InChI is InChI=1S/C20H25N3O/c21-12-15-22(13-10-17-6-2-1-3-7-17)16-20(24)23-14-11-18-8-4-5-9-19(18)23/h1-9H,10-16,21H2. The highest BCUT2D eigenvalue weighted by Crippen LogP contribution is 2.27. The Morgan fingerprint density at radius 3 is 2.58 bits per heavy atom. The second kappa shape index (κ2) is 8.08. The Morgan fingerprint density at radius 2 is 1.79 bits per heavy atom. The van der Waals surface area contributed by atoms with Gasteiger partial charge in [0.25, 0.3) is 0 Å². The van der Waals surface area contributed by atoms with Gasteiger partial charge in [0.15, 0.2) is 0 Å². The molecule has 0 unspecified atom stereocenters. The molecule has 4 heteroatoms. The lowest BCUT2D eigenvalue weighted by Gasteiger charge is -2.25. The fourth-order valence-electron chi connectivity index (χ4n) is 3.26. The summed E-state index contributed by atoms with van der Waals surface area (Å²) in [7, 11) is 0. The van der Waals surface area contributed by atoms with Gasteiger partial charge in [0.1, 0.15) is 0 Å². The maximum atomic E-state index is 12.7. The minimum absolute atomic E-state index is 0.168. The summed E-state index contributed by atoms with van der Waals surface area (Å²) in [5.74, 6) is 0.168. The Morgan fingerprint density at radius 1 is 1.04 bits per heavy atom. The fraction of sp³-hybridized carbons (Fsp3) is 0.350. The largest absolute Gasteiger partial charge is 0.329 e. The number of anilines is 1. The number of nitrogens with two attached hydrogens (primary N) is 1. The lowest BCUT2D eigenvalue weighted by molar-refractivity contribution is -0.119. The van der Waals surface area contributed by atoms with E-state index in [1.165, 1.54) is 11.1 Å². The van der Waals surface area contributed by atoms with E-state index in [4.69, 9.17) is 5.73 Å². The molecule has 2 aromatic rings. The molecule has 1 aliphatic heterocycles. The van der Waals surface area contributed by atoms with Gasteiger partial charge in [-0.2, -0.15) is 0 Å². The van der Waals surface area contributed by atoms with Crippen molar-refractivity contribution in [2.45, 2.75) is 12.8 Å². The first-order valence-electron chi connectivity index (χ1n) is 8.62. The molecule has 0 bridgehead atoms. The molecule has 126 valence electrons. The molecule has 0 aliphatic carbocycles. The van der Waals surface area contributed by atoms with Gasteiger partial charge < -0.3 is 10.6 Å². The molecule has 0 spiro atoms. The zero-order valence-corrected chi connectivity index (χ0v) is 14.0. The number of rotatable bonds is 7. The highest BCUT2D eigenvalue weighted by Gasteiger charge is 2.25. The molecule has 0 aromatic heterocycles. The molecule has 24 heavy (non-hydrogen) atoms. The number of hydrogen-bond donors (Lipinski definition) is 1. The first-order chi connectivity index (χ1) is 11.8. The first kappa shape index (κ1) is 16.7.